The van der Waals surface area contributed by atoms with Crippen LogP contribution in [0, 0.1) is 0 Å². The minimum Gasteiger partial charge on any atom is -0.371 e. The number of methoxy groups -OCH3 is 1. The smallest absolute Gasteiger partial charge is 0.277 e. The second-order valence-electron chi connectivity index (χ2n) is 2.76. The van der Waals surface area contributed by atoms with Crippen LogP contribution >= 0.6 is 0 Å². The van der Waals surface area contributed by atoms with Gasteiger partial charge in [0.25, 0.3) is 5.92 Å². The Hall–Kier alpha value is -0.440. The van der Waals surface area contributed by atoms with Gasteiger partial charge in [-0.15, -0.1) is 6.58 Å². The van der Waals surface area contributed by atoms with Gasteiger partial charge in [-0.1, -0.05) is 19.4 Å². The van der Waals surface area contributed by atoms with E-state index >= 15 is 0 Å². The van der Waals surface area contributed by atoms with Crippen LogP contribution < -0.4 is 0 Å². The summed E-state index contributed by atoms with van der Waals surface area (Å²) in [6.45, 7) is 5.18. The summed E-state index contributed by atoms with van der Waals surface area (Å²) in [5.74, 6) is -2.77. The van der Waals surface area contributed by atoms with Gasteiger partial charge in [0.05, 0.1) is 0 Å². The summed E-state index contributed by atoms with van der Waals surface area (Å²) >= 11 is 0. The summed E-state index contributed by atoms with van der Waals surface area (Å²) in [6.07, 6.45) is 1.15. The molecule has 0 saturated carbocycles. The molecule has 0 bridgehead atoms. The Kier molecular flexibility index (Phi) is 5.06. The normalized spacial score (nSPS) is 14.3. The number of hydrogen-bond donors (Lipinski definition) is 0. The molecule has 0 amide bonds. The summed E-state index contributed by atoms with van der Waals surface area (Å²) in [6, 6.07) is 0. The second kappa shape index (κ2) is 5.25. The maximum absolute atomic E-state index is 13.1. The van der Waals surface area contributed by atoms with Gasteiger partial charge in [-0.2, -0.15) is 0 Å². The van der Waals surface area contributed by atoms with Crippen molar-refractivity contribution in [2.45, 2.75) is 38.2 Å². The van der Waals surface area contributed by atoms with E-state index in [1.54, 1.807) is 0 Å². The van der Waals surface area contributed by atoms with E-state index in [2.05, 4.69) is 11.3 Å². The average molecular weight is 178 g/mol. The van der Waals surface area contributed by atoms with Crippen molar-refractivity contribution in [2.75, 3.05) is 7.11 Å². The Morgan fingerprint density at radius 3 is 2.50 bits per heavy atom. The van der Waals surface area contributed by atoms with Crippen LogP contribution in [-0.2, 0) is 4.74 Å². The fourth-order valence-corrected chi connectivity index (χ4v) is 0.996. The van der Waals surface area contributed by atoms with Gasteiger partial charge in [0, 0.05) is 13.5 Å². The van der Waals surface area contributed by atoms with E-state index in [0.717, 1.165) is 12.5 Å². The first-order chi connectivity index (χ1) is 5.58. The zero-order valence-electron chi connectivity index (χ0n) is 7.65. The van der Waals surface area contributed by atoms with Crippen LogP contribution in [0.3, 0.4) is 0 Å². The maximum atomic E-state index is 13.1. The van der Waals surface area contributed by atoms with Gasteiger partial charge in [-0.3, -0.25) is 0 Å². The van der Waals surface area contributed by atoms with Crippen molar-refractivity contribution in [1.82, 2.24) is 0 Å². The Labute approximate surface area is 72.4 Å². The van der Waals surface area contributed by atoms with E-state index < -0.39 is 12.0 Å². The van der Waals surface area contributed by atoms with E-state index in [1.165, 1.54) is 7.11 Å². The fraction of sp³-hybridized carbons (Fsp3) is 0.778. The summed E-state index contributed by atoms with van der Waals surface area (Å²) in [5, 5.41) is 0. The molecule has 12 heavy (non-hydrogen) atoms. The van der Waals surface area contributed by atoms with Crippen molar-refractivity contribution in [3.8, 4) is 0 Å². The second-order valence-corrected chi connectivity index (χ2v) is 2.76. The quantitative estimate of drug-likeness (QED) is 0.568. The number of ether oxygens (including phenoxy) is 1. The van der Waals surface area contributed by atoms with Crippen LogP contribution in [0.5, 0.6) is 0 Å². The molecule has 0 aliphatic heterocycles. The van der Waals surface area contributed by atoms with Crippen molar-refractivity contribution in [2.24, 2.45) is 0 Å². The highest BCUT2D eigenvalue weighted by Crippen LogP contribution is 2.27. The molecule has 0 rings (SSSR count). The largest absolute Gasteiger partial charge is 0.371 e. The molecular weight excluding hydrogens is 162 g/mol. The minimum absolute atomic E-state index is 0.131. The Morgan fingerprint density at radius 1 is 1.58 bits per heavy atom. The van der Waals surface area contributed by atoms with Crippen LogP contribution in [0.15, 0.2) is 12.7 Å². The van der Waals surface area contributed by atoms with Crippen LogP contribution in [0.25, 0.3) is 0 Å². The summed E-state index contributed by atoms with van der Waals surface area (Å²) < 4.78 is 30.8. The number of rotatable bonds is 6. The zero-order chi connectivity index (χ0) is 9.61. The molecule has 0 heterocycles. The van der Waals surface area contributed by atoms with Gasteiger partial charge in [0.1, 0.15) is 6.10 Å². The van der Waals surface area contributed by atoms with E-state index in [4.69, 9.17) is 0 Å². The molecule has 3 heteroatoms. The molecule has 1 atom stereocenters. The molecule has 0 fully saturated rings. The molecule has 0 spiro atoms. The van der Waals surface area contributed by atoms with Crippen molar-refractivity contribution in [3.05, 3.63) is 12.7 Å². The van der Waals surface area contributed by atoms with Gasteiger partial charge in [-0.25, -0.2) is 8.78 Å². The molecule has 0 radical (unpaired) electrons. The topological polar surface area (TPSA) is 9.23 Å². The van der Waals surface area contributed by atoms with Crippen molar-refractivity contribution >= 4 is 0 Å². The molecule has 0 aromatic carbocycles. The van der Waals surface area contributed by atoms with Gasteiger partial charge in [-0.05, 0) is 6.42 Å². The molecular formula is C9H16F2O. The van der Waals surface area contributed by atoms with Crippen LogP contribution in [0.1, 0.15) is 26.2 Å². The van der Waals surface area contributed by atoms with Crippen LogP contribution in [-0.4, -0.2) is 19.1 Å². The van der Waals surface area contributed by atoms with E-state index in [9.17, 15) is 8.78 Å². The molecule has 0 aliphatic rings. The predicted molar refractivity (Wildman–Crippen MR) is 45.5 cm³/mol. The van der Waals surface area contributed by atoms with Crippen molar-refractivity contribution in [3.63, 3.8) is 0 Å². The third-order valence-electron chi connectivity index (χ3n) is 1.75. The first kappa shape index (κ1) is 11.6. The Morgan fingerprint density at radius 2 is 2.17 bits per heavy atom. The third kappa shape index (κ3) is 3.30. The number of hydrogen-bond acceptors (Lipinski definition) is 1. The lowest BCUT2D eigenvalue weighted by Crippen LogP contribution is -2.33. The van der Waals surface area contributed by atoms with Crippen molar-refractivity contribution < 1.29 is 13.5 Å². The minimum atomic E-state index is -2.77. The lowest BCUT2D eigenvalue weighted by Gasteiger charge is -2.22. The van der Waals surface area contributed by atoms with Gasteiger partial charge >= 0.3 is 0 Å². The Balaban J connectivity index is 4.04. The van der Waals surface area contributed by atoms with Gasteiger partial charge < -0.3 is 4.74 Å². The average Bonchev–Trinajstić information content (AvgIpc) is 2.03. The zero-order valence-corrected chi connectivity index (χ0v) is 7.65. The number of halogens is 2. The Bertz CT molecular complexity index is 134. The SMILES string of the molecule is C=CC(OC)C(F)(F)CCCC. The lowest BCUT2D eigenvalue weighted by atomic mass is 10.1. The summed E-state index contributed by atoms with van der Waals surface area (Å²) in [5.41, 5.74) is 0. The van der Waals surface area contributed by atoms with E-state index in [0.29, 0.717) is 6.42 Å². The fourth-order valence-electron chi connectivity index (χ4n) is 0.996. The van der Waals surface area contributed by atoms with Gasteiger partial charge in [0.2, 0.25) is 0 Å². The summed E-state index contributed by atoms with van der Waals surface area (Å²) in [4.78, 5) is 0. The van der Waals surface area contributed by atoms with Crippen LogP contribution in [0.2, 0.25) is 0 Å². The summed E-state index contributed by atoms with van der Waals surface area (Å²) in [7, 11) is 1.27. The van der Waals surface area contributed by atoms with Crippen molar-refractivity contribution in [1.29, 1.82) is 0 Å². The first-order valence-corrected chi connectivity index (χ1v) is 4.11. The molecule has 0 aromatic heterocycles. The predicted octanol–water partition coefficient (Wildman–Crippen LogP) is 3.01. The third-order valence-corrected chi connectivity index (χ3v) is 1.75. The molecule has 0 aromatic rings. The molecule has 0 aliphatic carbocycles. The highest BCUT2D eigenvalue weighted by Gasteiger charge is 2.36. The molecule has 0 N–H and O–H groups in total. The number of alkyl halides is 2. The first-order valence-electron chi connectivity index (χ1n) is 4.11. The number of unbranched alkanes of at least 4 members (excludes halogenated alkanes) is 1. The molecule has 0 saturated heterocycles. The molecule has 1 unspecified atom stereocenters. The standard InChI is InChI=1S/C9H16F2O/c1-4-6-7-9(10,11)8(5-2)12-3/h5,8H,2,4,6-7H2,1,3H3. The highest BCUT2D eigenvalue weighted by molar-refractivity contribution is 4.91. The van der Waals surface area contributed by atoms with E-state index in [1.807, 2.05) is 6.92 Å². The maximum Gasteiger partial charge on any atom is 0.277 e. The van der Waals surface area contributed by atoms with Gasteiger partial charge in [0.15, 0.2) is 0 Å². The highest BCUT2D eigenvalue weighted by atomic mass is 19.3. The molecule has 1 nitrogen and oxygen atoms in total. The van der Waals surface area contributed by atoms with E-state index in [-0.39, 0.29) is 6.42 Å². The monoisotopic (exact) mass is 178 g/mol. The lowest BCUT2D eigenvalue weighted by molar-refractivity contribution is -0.108. The molecule has 72 valence electrons. The van der Waals surface area contributed by atoms with Crippen LogP contribution in [0.4, 0.5) is 8.78 Å².